The normalized spacial score (nSPS) is 13.4. The number of methoxy groups -OCH3 is 2. The second-order valence-electron chi connectivity index (χ2n) is 11.6. The molecule has 0 saturated heterocycles. The average molecular weight is 655 g/mol. The number of ether oxygens (including phenoxy) is 3. The summed E-state index contributed by atoms with van der Waals surface area (Å²) in [6.45, 7) is 4.54. The number of nitrogens with one attached hydrogen (secondary N) is 2. The van der Waals surface area contributed by atoms with Crippen molar-refractivity contribution >= 4 is 21.7 Å². The van der Waals surface area contributed by atoms with E-state index in [2.05, 4.69) is 10.6 Å². The van der Waals surface area contributed by atoms with Gasteiger partial charge in [0.2, 0.25) is 0 Å². The molecule has 3 aromatic rings. The minimum absolute atomic E-state index is 0.00510. The molecule has 3 atom stereocenters. The van der Waals surface area contributed by atoms with Gasteiger partial charge >= 0.3 is 5.97 Å². The smallest absolute Gasteiger partial charge is 0.337 e. The zero-order valence-corrected chi connectivity index (χ0v) is 27.8. The number of amides is 1. The Balaban J connectivity index is 1.80. The Morgan fingerprint density at radius 3 is 2.22 bits per heavy atom. The van der Waals surface area contributed by atoms with E-state index in [0.29, 0.717) is 19.4 Å². The summed E-state index contributed by atoms with van der Waals surface area (Å²) in [7, 11) is -0.602. The highest BCUT2D eigenvalue weighted by Crippen LogP contribution is 2.19. The van der Waals surface area contributed by atoms with Crippen LogP contribution in [0.15, 0.2) is 78.9 Å². The monoisotopic (exact) mass is 654 g/mol. The van der Waals surface area contributed by atoms with Crippen LogP contribution in [0.25, 0.3) is 0 Å². The van der Waals surface area contributed by atoms with Gasteiger partial charge in [0.05, 0.1) is 43.4 Å². The third-order valence-corrected chi connectivity index (χ3v) is 9.15. The molecule has 0 fully saturated rings. The van der Waals surface area contributed by atoms with Crippen LogP contribution < -0.4 is 20.1 Å². The molecular weight excluding hydrogens is 608 g/mol. The first kappa shape index (κ1) is 36.5. The van der Waals surface area contributed by atoms with E-state index in [-0.39, 0.29) is 41.7 Å². The van der Waals surface area contributed by atoms with Gasteiger partial charge in [-0.05, 0) is 60.2 Å². The highest BCUT2D eigenvalue weighted by atomic mass is 32.2. The summed E-state index contributed by atoms with van der Waals surface area (Å²) in [4.78, 5) is 25.9. The lowest BCUT2D eigenvalue weighted by Crippen LogP contribution is -2.52. The third kappa shape index (κ3) is 12.5. The van der Waals surface area contributed by atoms with Crippen molar-refractivity contribution in [2.75, 3.05) is 32.3 Å². The predicted octanol–water partition coefficient (Wildman–Crippen LogP) is 3.96. The highest BCUT2D eigenvalue weighted by molar-refractivity contribution is 7.91. The van der Waals surface area contributed by atoms with Crippen molar-refractivity contribution in [3.8, 4) is 11.5 Å². The summed E-state index contributed by atoms with van der Waals surface area (Å²) >= 11 is 0. The van der Waals surface area contributed by atoms with Gasteiger partial charge in [0.25, 0.3) is 5.91 Å². The van der Waals surface area contributed by atoms with Gasteiger partial charge in [0, 0.05) is 19.5 Å². The molecule has 46 heavy (non-hydrogen) atoms. The Kier molecular flexibility index (Phi) is 14.5. The number of benzene rings is 3. The number of aliphatic hydroxyl groups is 1. The average Bonchev–Trinajstić information content (AvgIpc) is 3.05. The molecule has 0 radical (unpaired) electrons. The molecular formula is C35H46N2O8S. The molecule has 0 aliphatic rings. The van der Waals surface area contributed by atoms with Crippen molar-refractivity contribution in [3.05, 3.63) is 95.6 Å². The Bertz CT molecular complexity index is 1500. The quantitative estimate of drug-likeness (QED) is 0.164. The molecule has 0 spiro atoms. The lowest BCUT2D eigenvalue weighted by molar-refractivity contribution is -0.129. The number of rotatable bonds is 19. The molecule has 0 bridgehead atoms. The molecule has 250 valence electrons. The summed E-state index contributed by atoms with van der Waals surface area (Å²) in [6, 6.07) is 22.5. The SMILES string of the molecule is COC(=O)c1cccc(OC(CCS(=O)(=O)CCC(C)C)C(=O)NC(Cc2ccccc2)C(O)CNCc2cccc(OC)c2)c1. The van der Waals surface area contributed by atoms with Crippen LogP contribution >= 0.6 is 0 Å². The van der Waals surface area contributed by atoms with Gasteiger partial charge in [-0.2, -0.15) is 0 Å². The minimum Gasteiger partial charge on any atom is -0.497 e. The molecule has 0 saturated carbocycles. The summed E-state index contributed by atoms with van der Waals surface area (Å²) in [5.74, 6) is -0.256. The fraction of sp³-hybridized carbons (Fsp3) is 0.429. The van der Waals surface area contributed by atoms with Gasteiger partial charge in [0.1, 0.15) is 21.3 Å². The van der Waals surface area contributed by atoms with E-state index in [0.717, 1.165) is 16.9 Å². The van der Waals surface area contributed by atoms with Gasteiger partial charge in [-0.1, -0.05) is 62.4 Å². The first-order valence-electron chi connectivity index (χ1n) is 15.4. The standard InChI is InChI=1S/C35H46N2O8S/c1-25(2)16-18-46(41,42)19-17-33(45-30-15-9-13-28(22-30)35(40)44-4)34(39)37-31(21-26-10-6-5-7-11-26)32(38)24-36-23-27-12-8-14-29(20-27)43-3/h5-15,20,22,25,31-33,36,38H,16-19,21,23-24H2,1-4H3,(H,37,39). The van der Waals surface area contributed by atoms with Crippen LogP contribution in [-0.2, 0) is 32.3 Å². The van der Waals surface area contributed by atoms with Crippen LogP contribution in [0.3, 0.4) is 0 Å². The molecule has 3 aromatic carbocycles. The van der Waals surface area contributed by atoms with Crippen molar-refractivity contribution in [2.45, 2.75) is 57.9 Å². The highest BCUT2D eigenvalue weighted by Gasteiger charge is 2.29. The molecule has 0 aliphatic carbocycles. The lowest BCUT2D eigenvalue weighted by Gasteiger charge is -2.27. The van der Waals surface area contributed by atoms with Crippen LogP contribution in [0.1, 0.15) is 48.2 Å². The fourth-order valence-corrected chi connectivity index (χ4v) is 6.35. The largest absolute Gasteiger partial charge is 0.497 e. The Morgan fingerprint density at radius 1 is 0.848 bits per heavy atom. The first-order valence-corrected chi connectivity index (χ1v) is 17.2. The summed E-state index contributed by atoms with van der Waals surface area (Å²) < 4.78 is 41.8. The molecule has 1 amide bonds. The first-order chi connectivity index (χ1) is 22.0. The van der Waals surface area contributed by atoms with E-state index >= 15 is 0 Å². The molecule has 3 N–H and O–H groups in total. The molecule has 0 aromatic heterocycles. The Labute approximate surface area is 272 Å². The van der Waals surface area contributed by atoms with Gasteiger partial charge in [0.15, 0.2) is 6.10 Å². The maximum Gasteiger partial charge on any atom is 0.337 e. The van der Waals surface area contributed by atoms with Gasteiger partial charge < -0.3 is 30.0 Å². The Hall–Kier alpha value is -3.93. The number of hydrogen-bond donors (Lipinski definition) is 3. The van der Waals surface area contributed by atoms with Crippen molar-refractivity contribution in [1.29, 1.82) is 0 Å². The molecule has 0 heterocycles. The third-order valence-electron chi connectivity index (χ3n) is 7.43. The number of hydrogen-bond acceptors (Lipinski definition) is 9. The molecule has 0 aliphatic heterocycles. The predicted molar refractivity (Wildman–Crippen MR) is 178 cm³/mol. The summed E-state index contributed by atoms with van der Waals surface area (Å²) in [6.07, 6.45) is -1.48. The van der Waals surface area contributed by atoms with Crippen LogP contribution in [0, 0.1) is 5.92 Å². The molecule has 10 nitrogen and oxygen atoms in total. The molecule has 3 rings (SSSR count). The number of aliphatic hydroxyl groups excluding tert-OH is 1. The van der Waals surface area contributed by atoms with E-state index in [4.69, 9.17) is 14.2 Å². The number of carbonyl (C=O) groups is 2. The van der Waals surface area contributed by atoms with Crippen molar-refractivity contribution in [3.63, 3.8) is 0 Å². The van der Waals surface area contributed by atoms with Crippen molar-refractivity contribution in [1.82, 2.24) is 10.6 Å². The number of carbonyl (C=O) groups excluding carboxylic acids is 2. The zero-order valence-electron chi connectivity index (χ0n) is 27.0. The van der Waals surface area contributed by atoms with Crippen molar-refractivity contribution in [2.24, 2.45) is 5.92 Å². The van der Waals surface area contributed by atoms with E-state index in [1.54, 1.807) is 25.3 Å². The molecule has 11 heteroatoms. The van der Waals surface area contributed by atoms with Crippen molar-refractivity contribution < 1.29 is 37.3 Å². The second-order valence-corrected chi connectivity index (χ2v) is 13.9. The van der Waals surface area contributed by atoms with E-state index in [1.165, 1.54) is 13.2 Å². The maximum absolute atomic E-state index is 13.8. The second kappa shape index (κ2) is 18.3. The molecule has 3 unspecified atom stereocenters. The van der Waals surface area contributed by atoms with Gasteiger partial charge in [-0.15, -0.1) is 0 Å². The van der Waals surface area contributed by atoms with E-state index < -0.39 is 40.0 Å². The van der Waals surface area contributed by atoms with Crippen LogP contribution in [0.4, 0.5) is 0 Å². The van der Waals surface area contributed by atoms with E-state index in [9.17, 15) is 23.1 Å². The van der Waals surface area contributed by atoms with Gasteiger partial charge in [-0.25, -0.2) is 13.2 Å². The topological polar surface area (TPSA) is 140 Å². The lowest BCUT2D eigenvalue weighted by atomic mass is 10.0. The number of esters is 1. The fourth-order valence-electron chi connectivity index (χ4n) is 4.74. The van der Waals surface area contributed by atoms with Crippen LogP contribution in [0.5, 0.6) is 11.5 Å². The summed E-state index contributed by atoms with van der Waals surface area (Å²) in [5, 5.41) is 17.5. The maximum atomic E-state index is 13.8. The van der Waals surface area contributed by atoms with Crippen LogP contribution in [-0.4, -0.2) is 75.9 Å². The number of sulfone groups is 1. The van der Waals surface area contributed by atoms with E-state index in [1.807, 2.05) is 68.4 Å². The van der Waals surface area contributed by atoms with Gasteiger partial charge in [-0.3, -0.25) is 4.79 Å². The minimum atomic E-state index is -3.46. The Morgan fingerprint density at radius 2 is 1.52 bits per heavy atom. The summed E-state index contributed by atoms with van der Waals surface area (Å²) in [5.41, 5.74) is 2.10. The zero-order chi connectivity index (χ0) is 33.5. The van der Waals surface area contributed by atoms with Crippen LogP contribution in [0.2, 0.25) is 0 Å².